The van der Waals surface area contributed by atoms with E-state index in [4.69, 9.17) is 0 Å². The standard InChI is InChI=1S/C20H28N2O3/c1-4-9-21-13(2)10-16(14(21)3)19(23)12-22-17-8-6-5-7-15(17)11-18(22)20(24)25/h4,10,15,17-18H,1,5-9,11-12H2,2-3H3,(H,24,25). The molecule has 0 amide bonds. The summed E-state index contributed by atoms with van der Waals surface area (Å²) in [5.41, 5.74) is 2.68. The van der Waals surface area contributed by atoms with Crippen molar-refractivity contribution in [2.75, 3.05) is 6.54 Å². The van der Waals surface area contributed by atoms with E-state index in [-0.39, 0.29) is 18.4 Å². The van der Waals surface area contributed by atoms with E-state index in [1.54, 1.807) is 0 Å². The zero-order chi connectivity index (χ0) is 18.1. The maximum absolute atomic E-state index is 13.0. The number of carboxylic acids is 1. The number of likely N-dealkylation sites (tertiary alicyclic amines) is 1. The fraction of sp³-hybridized carbons (Fsp3) is 0.600. The Balaban J connectivity index is 1.82. The van der Waals surface area contributed by atoms with Crippen molar-refractivity contribution >= 4 is 11.8 Å². The predicted molar refractivity (Wildman–Crippen MR) is 96.9 cm³/mol. The quantitative estimate of drug-likeness (QED) is 0.636. The van der Waals surface area contributed by atoms with Crippen LogP contribution in [0.15, 0.2) is 18.7 Å². The van der Waals surface area contributed by atoms with Crippen LogP contribution in [-0.4, -0.2) is 45.0 Å². The van der Waals surface area contributed by atoms with E-state index in [1.807, 2.05) is 30.9 Å². The van der Waals surface area contributed by atoms with Gasteiger partial charge in [-0.2, -0.15) is 0 Å². The SMILES string of the molecule is C=CCn1c(C)cc(C(=O)CN2C(C(=O)O)CC3CCCCC32)c1C. The first-order valence-corrected chi connectivity index (χ1v) is 9.23. The number of ketones is 1. The number of hydrogen-bond acceptors (Lipinski definition) is 3. The Labute approximate surface area is 149 Å². The van der Waals surface area contributed by atoms with Crippen LogP contribution >= 0.6 is 0 Å². The van der Waals surface area contributed by atoms with Gasteiger partial charge in [0.05, 0.1) is 6.54 Å². The van der Waals surface area contributed by atoms with Crippen LogP contribution in [0.25, 0.3) is 0 Å². The van der Waals surface area contributed by atoms with Crippen LogP contribution in [0.1, 0.15) is 53.8 Å². The van der Waals surface area contributed by atoms with E-state index in [0.29, 0.717) is 24.4 Å². The number of aryl methyl sites for hydroxylation is 1. The van der Waals surface area contributed by atoms with Crippen LogP contribution < -0.4 is 0 Å². The smallest absolute Gasteiger partial charge is 0.320 e. The number of allylic oxidation sites excluding steroid dienone is 1. The van der Waals surface area contributed by atoms with Gasteiger partial charge >= 0.3 is 5.97 Å². The molecule has 5 nitrogen and oxygen atoms in total. The third-order valence-electron chi connectivity index (χ3n) is 6.02. The molecule has 0 spiro atoms. The summed E-state index contributed by atoms with van der Waals surface area (Å²) >= 11 is 0. The molecule has 136 valence electrons. The average Bonchev–Trinajstić information content (AvgIpc) is 3.08. The maximum Gasteiger partial charge on any atom is 0.320 e. The zero-order valence-electron chi connectivity index (χ0n) is 15.2. The molecule has 1 saturated carbocycles. The van der Waals surface area contributed by atoms with Gasteiger partial charge in [0.1, 0.15) is 6.04 Å². The van der Waals surface area contributed by atoms with Crippen molar-refractivity contribution in [1.29, 1.82) is 0 Å². The van der Waals surface area contributed by atoms with E-state index in [1.165, 1.54) is 6.42 Å². The third kappa shape index (κ3) is 3.30. The van der Waals surface area contributed by atoms with Gasteiger partial charge in [-0.1, -0.05) is 18.9 Å². The van der Waals surface area contributed by atoms with E-state index in [2.05, 4.69) is 11.1 Å². The Kier molecular flexibility index (Phi) is 5.13. The van der Waals surface area contributed by atoms with Crippen molar-refractivity contribution in [1.82, 2.24) is 9.47 Å². The highest BCUT2D eigenvalue weighted by Gasteiger charge is 2.45. The molecule has 25 heavy (non-hydrogen) atoms. The summed E-state index contributed by atoms with van der Waals surface area (Å²) < 4.78 is 2.07. The highest BCUT2D eigenvalue weighted by molar-refractivity contribution is 5.99. The molecule has 5 heteroatoms. The lowest BCUT2D eigenvalue weighted by Gasteiger charge is -2.32. The second-order valence-electron chi connectivity index (χ2n) is 7.48. The summed E-state index contributed by atoms with van der Waals surface area (Å²) in [6, 6.07) is 1.65. The number of carbonyl (C=O) groups is 2. The minimum Gasteiger partial charge on any atom is -0.480 e. The summed E-state index contributed by atoms with van der Waals surface area (Å²) in [7, 11) is 0. The number of nitrogens with zero attached hydrogens (tertiary/aromatic N) is 2. The maximum atomic E-state index is 13.0. The molecule has 1 aromatic rings. The largest absolute Gasteiger partial charge is 0.480 e. The van der Waals surface area contributed by atoms with Crippen LogP contribution in [0, 0.1) is 19.8 Å². The topological polar surface area (TPSA) is 62.5 Å². The summed E-state index contributed by atoms with van der Waals surface area (Å²) in [6.45, 7) is 8.59. The van der Waals surface area contributed by atoms with Gasteiger partial charge in [-0.25, -0.2) is 0 Å². The van der Waals surface area contributed by atoms with Gasteiger partial charge in [0.25, 0.3) is 0 Å². The Morgan fingerprint density at radius 1 is 1.32 bits per heavy atom. The fourth-order valence-electron chi connectivity index (χ4n) is 4.77. The van der Waals surface area contributed by atoms with Crippen LogP contribution in [0.4, 0.5) is 0 Å². The van der Waals surface area contributed by atoms with E-state index < -0.39 is 12.0 Å². The van der Waals surface area contributed by atoms with Crippen molar-refractivity contribution in [3.8, 4) is 0 Å². The number of Topliss-reactive ketones (excluding diaryl/α,β-unsaturated/α-hetero) is 1. The lowest BCUT2D eigenvalue weighted by molar-refractivity contribution is -0.142. The van der Waals surface area contributed by atoms with Gasteiger partial charge in [0.15, 0.2) is 5.78 Å². The number of carbonyl (C=O) groups excluding carboxylic acids is 1. The predicted octanol–water partition coefficient (Wildman–Crippen LogP) is 3.19. The van der Waals surface area contributed by atoms with Gasteiger partial charge in [-0.15, -0.1) is 6.58 Å². The van der Waals surface area contributed by atoms with Gasteiger partial charge in [-0.05, 0) is 45.1 Å². The highest BCUT2D eigenvalue weighted by Crippen LogP contribution is 2.39. The monoisotopic (exact) mass is 344 g/mol. The van der Waals surface area contributed by atoms with E-state index >= 15 is 0 Å². The van der Waals surface area contributed by atoms with Crippen LogP contribution in [0.5, 0.6) is 0 Å². The molecule has 1 N–H and O–H groups in total. The van der Waals surface area contributed by atoms with Crippen molar-refractivity contribution in [2.24, 2.45) is 5.92 Å². The van der Waals surface area contributed by atoms with Crippen LogP contribution in [0.3, 0.4) is 0 Å². The first-order chi connectivity index (χ1) is 11.9. The van der Waals surface area contributed by atoms with Gasteiger partial charge in [0.2, 0.25) is 0 Å². The minimum atomic E-state index is -0.792. The molecule has 1 aromatic heterocycles. The summed E-state index contributed by atoms with van der Waals surface area (Å²) in [5, 5.41) is 9.62. The lowest BCUT2D eigenvalue weighted by atomic mass is 9.84. The Morgan fingerprint density at radius 2 is 2.04 bits per heavy atom. The number of rotatable bonds is 6. The molecule has 3 unspecified atom stereocenters. The molecule has 3 atom stereocenters. The Hall–Kier alpha value is -1.88. The Bertz CT molecular complexity index is 691. The first-order valence-electron chi connectivity index (χ1n) is 9.23. The normalized spacial score (nSPS) is 26.4. The first kappa shape index (κ1) is 17.9. The molecule has 2 heterocycles. The molecule has 1 aliphatic heterocycles. The second kappa shape index (κ2) is 7.16. The van der Waals surface area contributed by atoms with Crippen molar-refractivity contribution in [2.45, 2.75) is 64.6 Å². The summed E-state index contributed by atoms with van der Waals surface area (Å²) in [4.78, 5) is 26.6. The summed E-state index contributed by atoms with van der Waals surface area (Å²) in [6.07, 6.45) is 6.92. The molecule has 2 aliphatic rings. The average molecular weight is 344 g/mol. The molecular weight excluding hydrogens is 316 g/mol. The van der Waals surface area contributed by atoms with Crippen LogP contribution in [-0.2, 0) is 11.3 Å². The van der Waals surface area contributed by atoms with Gasteiger partial charge < -0.3 is 9.67 Å². The molecule has 3 rings (SSSR count). The fourth-order valence-corrected chi connectivity index (χ4v) is 4.77. The number of carboxylic acid groups (broad SMARTS) is 1. The lowest BCUT2D eigenvalue weighted by Crippen LogP contribution is -2.45. The van der Waals surface area contributed by atoms with Crippen molar-refractivity contribution < 1.29 is 14.7 Å². The van der Waals surface area contributed by atoms with Gasteiger partial charge in [-0.3, -0.25) is 14.5 Å². The summed E-state index contributed by atoms with van der Waals surface area (Å²) in [5.74, 6) is -0.337. The molecule has 0 bridgehead atoms. The third-order valence-corrected chi connectivity index (χ3v) is 6.02. The zero-order valence-corrected chi connectivity index (χ0v) is 15.2. The van der Waals surface area contributed by atoms with E-state index in [0.717, 1.165) is 30.7 Å². The molecule has 1 saturated heterocycles. The van der Waals surface area contributed by atoms with Crippen molar-refractivity contribution in [3.63, 3.8) is 0 Å². The van der Waals surface area contributed by atoms with Crippen LogP contribution in [0.2, 0.25) is 0 Å². The van der Waals surface area contributed by atoms with Crippen molar-refractivity contribution in [3.05, 3.63) is 35.7 Å². The van der Waals surface area contributed by atoms with Gasteiger partial charge in [0, 0.05) is 29.5 Å². The molecule has 0 radical (unpaired) electrons. The Morgan fingerprint density at radius 3 is 2.72 bits per heavy atom. The molecule has 0 aromatic carbocycles. The van der Waals surface area contributed by atoms with E-state index in [9.17, 15) is 14.7 Å². The minimum absolute atomic E-state index is 0.0286. The number of aliphatic carboxylic acids is 1. The molecule has 2 fully saturated rings. The second-order valence-corrected chi connectivity index (χ2v) is 7.48. The number of aromatic nitrogens is 1. The molecule has 1 aliphatic carbocycles. The number of hydrogen-bond donors (Lipinski definition) is 1. The molecular formula is C20H28N2O3. The number of fused-ring (bicyclic) bond motifs is 1. The highest BCUT2D eigenvalue weighted by atomic mass is 16.4.